The number of rotatable bonds is 13. The molecule has 0 fully saturated rings. The van der Waals surface area contributed by atoms with Gasteiger partial charge in [-0.1, -0.05) is 279 Å². The van der Waals surface area contributed by atoms with Crippen LogP contribution in [-0.4, -0.2) is 0 Å². The van der Waals surface area contributed by atoms with Gasteiger partial charge in [-0.15, -0.1) is 0 Å². The number of hydrogen-bond donors (Lipinski definition) is 1. The van der Waals surface area contributed by atoms with Crippen LogP contribution in [0.3, 0.4) is 0 Å². The fourth-order valence-electron chi connectivity index (χ4n) is 18.0. The van der Waals surface area contributed by atoms with E-state index >= 15 is 0 Å². The molecule has 2 nitrogen and oxygen atoms in total. The van der Waals surface area contributed by atoms with Crippen LogP contribution in [0.4, 0.5) is 28.4 Å². The van der Waals surface area contributed by atoms with E-state index in [0.29, 0.717) is 0 Å². The van der Waals surface area contributed by atoms with Crippen LogP contribution < -0.4 is 10.2 Å². The number of anilines is 5. The van der Waals surface area contributed by atoms with Crippen LogP contribution in [0.1, 0.15) is 100 Å². The van der Waals surface area contributed by atoms with E-state index in [-0.39, 0.29) is 0 Å². The van der Waals surface area contributed by atoms with Gasteiger partial charge in [-0.05, 0) is 234 Å². The van der Waals surface area contributed by atoms with Crippen molar-refractivity contribution in [1.29, 1.82) is 0 Å². The molecular formula is C95H72N2. The third-order valence-corrected chi connectivity index (χ3v) is 22.3. The van der Waals surface area contributed by atoms with Gasteiger partial charge in [-0.3, -0.25) is 0 Å². The van der Waals surface area contributed by atoms with Crippen molar-refractivity contribution in [3.05, 3.63) is 411 Å². The van der Waals surface area contributed by atoms with Crippen molar-refractivity contribution in [3.63, 3.8) is 0 Å². The molecule has 0 bridgehead atoms. The first kappa shape index (κ1) is 58.0. The minimum absolute atomic E-state index is 0.458. The van der Waals surface area contributed by atoms with Gasteiger partial charge in [0.15, 0.2) is 0 Å². The molecule has 3 atom stereocenters. The summed E-state index contributed by atoms with van der Waals surface area (Å²) in [5.74, 6) is 0. The molecule has 1 N–H and O–H groups in total. The van der Waals surface area contributed by atoms with Crippen LogP contribution in [-0.2, 0) is 29.1 Å². The highest BCUT2D eigenvalue weighted by molar-refractivity contribution is 6.02. The van der Waals surface area contributed by atoms with E-state index in [1.807, 2.05) is 12.2 Å². The van der Waals surface area contributed by atoms with E-state index < -0.39 is 16.2 Å². The zero-order chi connectivity index (χ0) is 65.3. The summed E-state index contributed by atoms with van der Waals surface area (Å²) in [6.45, 7) is 17.3. The molecule has 2 heteroatoms. The highest BCUT2D eigenvalue weighted by atomic mass is 15.1. The van der Waals surface area contributed by atoms with E-state index in [0.717, 1.165) is 52.4 Å². The van der Waals surface area contributed by atoms with Crippen LogP contribution in [0.5, 0.6) is 0 Å². The molecule has 4 aliphatic carbocycles. The van der Waals surface area contributed by atoms with Crippen molar-refractivity contribution in [3.8, 4) is 44.5 Å². The normalized spacial score (nSPS) is 16.9. The zero-order valence-electron chi connectivity index (χ0n) is 55.2. The zero-order valence-corrected chi connectivity index (χ0v) is 55.2. The molecule has 0 radical (unpaired) electrons. The van der Waals surface area contributed by atoms with Crippen molar-refractivity contribution >= 4 is 51.4 Å². The minimum atomic E-state index is -0.660. The first-order valence-electron chi connectivity index (χ1n) is 34.2. The second-order valence-electron chi connectivity index (χ2n) is 27.6. The summed E-state index contributed by atoms with van der Waals surface area (Å²) in [5.41, 5.74) is 36.9. The molecule has 1 spiro atoms. The van der Waals surface area contributed by atoms with E-state index in [1.165, 1.54) is 144 Å². The van der Waals surface area contributed by atoms with E-state index in [2.05, 4.69) is 348 Å². The SMILES string of the molecule is C=Cc1ccc(CC2(c3cc(C)ccc3C)c3ccccc3-c3ccc(Nc4ccc5c(c4)C4(c6ccccc6-5)c5ccccc5-c5ccc(N(c6ccc7c(c6)C(Cc6ccc(C=C)cc6)(c6cc(C)ccc6C)c6ccccc6-7)c6cccc7ccccc67)cc54)cc32)cc1. The Morgan fingerprint density at radius 1 is 0.320 bits per heavy atom. The molecule has 18 rings (SSSR count). The van der Waals surface area contributed by atoms with Gasteiger partial charge >= 0.3 is 0 Å². The Kier molecular flexibility index (Phi) is 13.3. The smallest absolute Gasteiger partial charge is 0.0727 e. The first-order valence-corrected chi connectivity index (χ1v) is 34.2. The van der Waals surface area contributed by atoms with Crippen LogP contribution in [0.2, 0.25) is 0 Å². The molecule has 0 saturated heterocycles. The van der Waals surface area contributed by atoms with Crippen LogP contribution >= 0.6 is 0 Å². The Balaban J connectivity index is 0.824. The Labute approximate surface area is 569 Å². The van der Waals surface area contributed by atoms with Gasteiger partial charge in [-0.25, -0.2) is 0 Å². The van der Waals surface area contributed by atoms with E-state index in [9.17, 15) is 0 Å². The summed E-state index contributed by atoms with van der Waals surface area (Å²) in [6.07, 6.45) is 5.46. The van der Waals surface area contributed by atoms with Gasteiger partial charge in [0.1, 0.15) is 0 Å². The molecular weight excluding hydrogens is 1170 g/mol. The van der Waals surface area contributed by atoms with E-state index in [1.54, 1.807) is 0 Å². The van der Waals surface area contributed by atoms with Crippen LogP contribution in [0.15, 0.2) is 310 Å². The lowest BCUT2D eigenvalue weighted by Gasteiger charge is -2.36. The highest BCUT2D eigenvalue weighted by Crippen LogP contribution is 2.65. The fourth-order valence-corrected chi connectivity index (χ4v) is 18.0. The molecule has 14 aromatic carbocycles. The van der Waals surface area contributed by atoms with Gasteiger partial charge in [0, 0.05) is 28.1 Å². The van der Waals surface area contributed by atoms with Gasteiger partial charge < -0.3 is 10.2 Å². The van der Waals surface area contributed by atoms with Gasteiger partial charge in [-0.2, -0.15) is 0 Å². The Hall–Kier alpha value is -11.6. The third kappa shape index (κ3) is 8.65. The maximum atomic E-state index is 4.12. The molecule has 0 saturated carbocycles. The summed E-state index contributed by atoms with van der Waals surface area (Å²) in [7, 11) is 0. The predicted molar refractivity (Wildman–Crippen MR) is 408 cm³/mol. The number of hydrogen-bond acceptors (Lipinski definition) is 2. The second-order valence-corrected chi connectivity index (χ2v) is 27.6. The minimum Gasteiger partial charge on any atom is -0.356 e. The maximum Gasteiger partial charge on any atom is 0.0727 e. The summed E-state index contributed by atoms with van der Waals surface area (Å²) < 4.78 is 0. The van der Waals surface area contributed by atoms with Gasteiger partial charge in [0.05, 0.1) is 21.9 Å². The lowest BCUT2D eigenvalue weighted by Crippen LogP contribution is -2.31. The molecule has 462 valence electrons. The Bertz CT molecular complexity index is 5590. The van der Waals surface area contributed by atoms with Crippen molar-refractivity contribution in [2.45, 2.75) is 56.8 Å². The van der Waals surface area contributed by atoms with Crippen molar-refractivity contribution in [2.75, 3.05) is 10.2 Å². The molecule has 14 aromatic rings. The number of aryl methyl sites for hydroxylation is 4. The monoisotopic (exact) mass is 1240 g/mol. The summed E-state index contributed by atoms with van der Waals surface area (Å²) in [6, 6.07) is 114. The summed E-state index contributed by atoms with van der Waals surface area (Å²) in [5, 5.41) is 6.48. The number of fused-ring (bicyclic) bond motifs is 17. The lowest BCUT2D eigenvalue weighted by atomic mass is 9.67. The molecule has 3 unspecified atom stereocenters. The maximum absolute atomic E-state index is 4.12. The predicted octanol–water partition coefficient (Wildman–Crippen LogP) is 24.0. The molecule has 0 aliphatic heterocycles. The van der Waals surface area contributed by atoms with Crippen molar-refractivity contribution in [2.24, 2.45) is 0 Å². The number of nitrogens with one attached hydrogen (secondary N) is 1. The second kappa shape index (κ2) is 22.3. The van der Waals surface area contributed by atoms with Crippen molar-refractivity contribution in [1.82, 2.24) is 0 Å². The quantitative estimate of drug-likeness (QED) is 0.124. The highest BCUT2D eigenvalue weighted by Gasteiger charge is 2.53. The third-order valence-electron chi connectivity index (χ3n) is 22.3. The molecule has 0 amide bonds. The largest absolute Gasteiger partial charge is 0.356 e. The average molecular weight is 1240 g/mol. The fraction of sp³-hybridized carbons (Fsp3) is 0.0947. The summed E-state index contributed by atoms with van der Waals surface area (Å²) in [4.78, 5) is 2.57. The molecule has 0 aromatic heterocycles. The standard InChI is InChI=1S/C95H72N2/c1-7-64-36-40-66(41-37-64)58-93(86-52-60(3)32-34-62(86)5)82-27-15-11-23-74(82)78-48-44-69(54-88(78)93)96-70-45-49-80-76-25-13-17-29-84(76)95(90(80)55-70)85-30-18-14-26-77(85)81-51-47-72(57-91(81)95)97(92-31-19-21-68-20-9-10-22-73(68)92)71-46-50-79-75-24-12-16-28-83(75)94(89(79)56-71,87-53-61(4)33-35-63(87)6)59-67-42-38-65(8-2)39-43-67/h7-57,96H,1-2,58-59H2,3-6H3. The van der Waals surface area contributed by atoms with Crippen LogP contribution in [0.25, 0.3) is 67.4 Å². The first-order chi connectivity index (χ1) is 47.6. The number of benzene rings is 14. The molecule has 97 heavy (non-hydrogen) atoms. The lowest BCUT2D eigenvalue weighted by molar-refractivity contribution is 0.624. The molecule has 4 aliphatic rings. The van der Waals surface area contributed by atoms with Crippen LogP contribution in [0, 0.1) is 27.7 Å². The van der Waals surface area contributed by atoms with Gasteiger partial charge in [0.25, 0.3) is 0 Å². The topological polar surface area (TPSA) is 15.3 Å². The van der Waals surface area contributed by atoms with Gasteiger partial charge in [0.2, 0.25) is 0 Å². The Morgan fingerprint density at radius 2 is 0.711 bits per heavy atom. The van der Waals surface area contributed by atoms with Crippen molar-refractivity contribution < 1.29 is 0 Å². The summed E-state index contributed by atoms with van der Waals surface area (Å²) >= 11 is 0. The number of nitrogens with zero attached hydrogens (tertiary/aromatic N) is 1. The van der Waals surface area contributed by atoms with E-state index in [4.69, 9.17) is 0 Å². The average Bonchev–Trinajstić information content (AvgIpc) is 1.52. The Morgan fingerprint density at radius 3 is 1.23 bits per heavy atom. The molecule has 0 heterocycles.